The number of amides is 2. The van der Waals surface area contributed by atoms with Crippen molar-refractivity contribution in [2.45, 2.75) is 65.5 Å². The Kier molecular flexibility index (Phi) is 7.31. The Balaban J connectivity index is 2.62. The van der Waals surface area contributed by atoms with E-state index in [0.717, 1.165) is 9.47 Å². The summed E-state index contributed by atoms with van der Waals surface area (Å²) >= 11 is 5.16. The largest absolute Gasteiger partial charge is 0.443 e. The van der Waals surface area contributed by atoms with Crippen LogP contribution < -0.4 is 4.90 Å². The number of aromatic nitrogens is 1. The molecule has 0 aliphatic carbocycles. The van der Waals surface area contributed by atoms with Gasteiger partial charge in [0.1, 0.15) is 17.7 Å². The first-order chi connectivity index (χ1) is 13.9. The van der Waals surface area contributed by atoms with Crippen LogP contribution in [0.2, 0.25) is 0 Å². The molecule has 0 aliphatic heterocycles. The summed E-state index contributed by atoms with van der Waals surface area (Å²) in [7, 11) is 0. The summed E-state index contributed by atoms with van der Waals surface area (Å²) in [6.07, 6.45) is -6.34. The zero-order valence-electron chi connectivity index (χ0n) is 17.9. The lowest BCUT2D eigenvalue weighted by molar-refractivity contribution is -0.140. The zero-order valence-corrected chi connectivity index (χ0v) is 21.6. The van der Waals surface area contributed by atoms with E-state index in [9.17, 15) is 22.8 Å². The SMILES string of the molecule is CC(C)(C)OC(=O)N(C(=O)OC(C)(C)C)c1ccc2c(cc(I)n2CC(F)(F)F)c1Br. The molecule has 0 N–H and O–H groups in total. The average molecular weight is 619 g/mol. The van der Waals surface area contributed by atoms with Crippen LogP contribution >= 0.6 is 38.5 Å². The number of halogens is 5. The molecule has 11 heteroatoms. The van der Waals surface area contributed by atoms with Crippen molar-refractivity contribution in [2.24, 2.45) is 0 Å². The number of nitrogens with zero attached hydrogens (tertiary/aromatic N) is 2. The Morgan fingerprint density at radius 2 is 1.52 bits per heavy atom. The van der Waals surface area contributed by atoms with Crippen LogP contribution in [0.15, 0.2) is 22.7 Å². The molecule has 0 aliphatic rings. The third-order valence-corrected chi connectivity index (χ3v) is 5.41. The molecule has 0 saturated heterocycles. The number of hydrogen-bond acceptors (Lipinski definition) is 4. The number of benzene rings is 1. The second-order valence-corrected chi connectivity index (χ2v) is 10.7. The van der Waals surface area contributed by atoms with Gasteiger partial charge in [0.15, 0.2) is 0 Å². The molecule has 0 unspecified atom stereocenters. The maximum absolute atomic E-state index is 13.0. The topological polar surface area (TPSA) is 60.8 Å². The molecule has 0 spiro atoms. The smallest absolute Gasteiger partial charge is 0.424 e. The van der Waals surface area contributed by atoms with Gasteiger partial charge in [0, 0.05) is 5.39 Å². The van der Waals surface area contributed by atoms with E-state index in [1.807, 2.05) is 0 Å². The Morgan fingerprint density at radius 1 is 1.03 bits per heavy atom. The molecule has 6 nitrogen and oxygen atoms in total. The first kappa shape index (κ1) is 25.8. The minimum absolute atomic E-state index is 0.0940. The Morgan fingerprint density at radius 3 is 1.94 bits per heavy atom. The van der Waals surface area contributed by atoms with Crippen molar-refractivity contribution in [3.63, 3.8) is 0 Å². The molecule has 172 valence electrons. The van der Waals surface area contributed by atoms with E-state index < -0.39 is 36.1 Å². The van der Waals surface area contributed by atoms with Crippen LogP contribution in [-0.2, 0) is 16.0 Å². The van der Waals surface area contributed by atoms with E-state index in [4.69, 9.17) is 9.47 Å². The van der Waals surface area contributed by atoms with Crippen LogP contribution in [0.1, 0.15) is 41.5 Å². The fraction of sp³-hybridized carbons (Fsp3) is 0.500. The number of hydrogen-bond donors (Lipinski definition) is 0. The summed E-state index contributed by atoms with van der Waals surface area (Å²) in [5, 5.41) is 0.406. The number of ether oxygens (including phenoxy) is 2. The molecule has 0 radical (unpaired) electrons. The van der Waals surface area contributed by atoms with Gasteiger partial charge < -0.3 is 14.0 Å². The van der Waals surface area contributed by atoms with Crippen molar-refractivity contribution in [3.8, 4) is 0 Å². The molecule has 2 amide bonds. The summed E-state index contributed by atoms with van der Waals surface area (Å²) < 4.78 is 51.4. The van der Waals surface area contributed by atoms with E-state index in [-0.39, 0.29) is 10.2 Å². The van der Waals surface area contributed by atoms with Crippen LogP contribution in [0.5, 0.6) is 0 Å². The molecule has 0 atom stereocenters. The summed E-state index contributed by atoms with van der Waals surface area (Å²) in [5.41, 5.74) is -1.39. The number of rotatable bonds is 2. The lowest BCUT2D eigenvalue weighted by Crippen LogP contribution is -2.44. The predicted octanol–water partition coefficient (Wildman–Crippen LogP) is 7.25. The second-order valence-electron chi connectivity index (χ2n) is 8.80. The maximum atomic E-state index is 13.0. The van der Waals surface area contributed by atoms with E-state index in [1.54, 1.807) is 64.1 Å². The summed E-state index contributed by atoms with van der Waals surface area (Å²) in [5.74, 6) is 0. The number of carbonyl (C=O) groups is 2. The molecule has 1 aromatic carbocycles. The normalized spacial score (nSPS) is 12.7. The lowest BCUT2D eigenvalue weighted by atomic mass is 10.2. The highest BCUT2D eigenvalue weighted by atomic mass is 127. The van der Waals surface area contributed by atoms with Crippen molar-refractivity contribution in [3.05, 3.63) is 26.4 Å². The predicted molar refractivity (Wildman–Crippen MR) is 123 cm³/mol. The van der Waals surface area contributed by atoms with Gasteiger partial charge >= 0.3 is 18.4 Å². The van der Waals surface area contributed by atoms with Crippen molar-refractivity contribution < 1.29 is 32.2 Å². The standard InChI is InChI=1S/C20H23BrF3IN2O4/c1-18(2,3)30-16(28)27(17(29)31-19(4,5)6)13-8-7-12-11(15(13)21)9-14(25)26(12)10-20(22,23)24/h7-9H,10H2,1-6H3. The minimum Gasteiger partial charge on any atom is -0.443 e. The third-order valence-electron chi connectivity index (χ3n) is 3.68. The van der Waals surface area contributed by atoms with Crippen LogP contribution in [-0.4, -0.2) is 34.1 Å². The number of anilines is 1. The molecular formula is C20H23BrF3IN2O4. The van der Waals surface area contributed by atoms with Crippen molar-refractivity contribution in [2.75, 3.05) is 4.90 Å². The fourth-order valence-corrected chi connectivity index (χ4v) is 4.02. The number of alkyl halides is 3. The van der Waals surface area contributed by atoms with Gasteiger partial charge in [-0.2, -0.15) is 18.1 Å². The van der Waals surface area contributed by atoms with Gasteiger partial charge in [-0.3, -0.25) is 0 Å². The fourth-order valence-electron chi connectivity index (χ4n) is 2.66. The van der Waals surface area contributed by atoms with Gasteiger partial charge in [-0.1, -0.05) is 0 Å². The Hall–Kier alpha value is -1.50. The molecule has 1 aromatic heterocycles. The molecule has 31 heavy (non-hydrogen) atoms. The van der Waals surface area contributed by atoms with Crippen LogP contribution in [0.25, 0.3) is 10.9 Å². The van der Waals surface area contributed by atoms with Gasteiger partial charge in [0.25, 0.3) is 0 Å². The molecule has 0 bridgehead atoms. The monoisotopic (exact) mass is 618 g/mol. The summed E-state index contributed by atoms with van der Waals surface area (Å²) in [6.45, 7) is 8.73. The molecular weight excluding hydrogens is 596 g/mol. The lowest BCUT2D eigenvalue weighted by Gasteiger charge is -2.29. The quantitative estimate of drug-likeness (QED) is 0.333. The van der Waals surface area contributed by atoms with Crippen LogP contribution in [0.3, 0.4) is 0 Å². The van der Waals surface area contributed by atoms with Gasteiger partial charge in [-0.25, -0.2) is 9.59 Å². The van der Waals surface area contributed by atoms with Crippen LogP contribution in [0.4, 0.5) is 28.4 Å². The number of carbonyl (C=O) groups excluding carboxylic acids is 2. The Bertz CT molecular complexity index is 979. The van der Waals surface area contributed by atoms with Crippen molar-refractivity contribution in [1.29, 1.82) is 0 Å². The highest BCUT2D eigenvalue weighted by Crippen LogP contribution is 2.38. The summed E-state index contributed by atoms with van der Waals surface area (Å²) in [4.78, 5) is 26.5. The van der Waals surface area contributed by atoms with Gasteiger partial charge in [-0.05, 0) is 98.3 Å². The Labute approximate surface area is 200 Å². The van der Waals surface area contributed by atoms with Gasteiger partial charge in [0.05, 0.1) is 19.4 Å². The average Bonchev–Trinajstić information content (AvgIpc) is 2.82. The minimum atomic E-state index is -4.41. The van der Waals surface area contributed by atoms with E-state index in [1.165, 1.54) is 18.2 Å². The van der Waals surface area contributed by atoms with Crippen molar-refractivity contribution in [1.82, 2.24) is 4.57 Å². The first-order valence-electron chi connectivity index (χ1n) is 9.20. The molecule has 0 saturated carbocycles. The third kappa shape index (κ3) is 6.74. The van der Waals surface area contributed by atoms with E-state index in [2.05, 4.69) is 15.9 Å². The highest BCUT2D eigenvalue weighted by Gasteiger charge is 2.35. The first-order valence-corrected chi connectivity index (χ1v) is 11.1. The van der Waals surface area contributed by atoms with Crippen LogP contribution in [0, 0.1) is 3.70 Å². The molecule has 0 fully saturated rings. The van der Waals surface area contributed by atoms with Gasteiger partial charge in [0.2, 0.25) is 0 Å². The molecule has 2 rings (SSSR count). The van der Waals surface area contributed by atoms with E-state index in [0.29, 0.717) is 14.6 Å². The second kappa shape index (κ2) is 8.80. The molecule has 2 aromatic rings. The zero-order chi connectivity index (χ0) is 23.9. The highest BCUT2D eigenvalue weighted by molar-refractivity contribution is 14.1. The molecule has 1 heterocycles. The number of fused-ring (bicyclic) bond motifs is 1. The summed E-state index contributed by atoms with van der Waals surface area (Å²) in [6, 6.07) is 4.34. The number of imide groups is 1. The van der Waals surface area contributed by atoms with Crippen molar-refractivity contribution >= 4 is 67.3 Å². The van der Waals surface area contributed by atoms with E-state index >= 15 is 0 Å². The van der Waals surface area contributed by atoms with Gasteiger partial charge in [-0.15, -0.1) is 0 Å². The maximum Gasteiger partial charge on any atom is 0.424 e.